The molecule has 0 aromatic carbocycles. The van der Waals surface area contributed by atoms with Gasteiger partial charge in [0.25, 0.3) is 0 Å². The van der Waals surface area contributed by atoms with Crippen LogP contribution in [-0.2, 0) is 4.79 Å². The molecule has 0 aromatic heterocycles. The maximum Gasteiger partial charge on any atom is 0.426 e. The molecule has 0 bridgehead atoms. The van der Waals surface area contributed by atoms with E-state index in [1.807, 2.05) is 0 Å². The smallest absolute Gasteiger partial charge is 0.426 e. The topological polar surface area (TPSA) is 37.3 Å². The SMILES string of the molecule is CC1(C)C(C(=O)O)[C@@H]1/C=C(\Cl)C(F)(F)F. The zero-order valence-electron chi connectivity index (χ0n) is 8.10. The lowest BCUT2D eigenvalue weighted by Crippen LogP contribution is -2.07. The lowest BCUT2D eigenvalue weighted by molar-refractivity contribution is -0.139. The lowest BCUT2D eigenvalue weighted by atomic mass is 10.1. The molecule has 0 heterocycles. The number of rotatable bonds is 2. The van der Waals surface area contributed by atoms with Crippen LogP contribution in [0.15, 0.2) is 11.1 Å². The quantitative estimate of drug-likeness (QED) is 0.808. The minimum absolute atomic E-state index is 0.649. The Morgan fingerprint density at radius 1 is 1.47 bits per heavy atom. The molecule has 2 nitrogen and oxygen atoms in total. The van der Waals surface area contributed by atoms with Crippen molar-refractivity contribution in [3.63, 3.8) is 0 Å². The maximum absolute atomic E-state index is 12.1. The summed E-state index contributed by atoms with van der Waals surface area (Å²) in [5.74, 6) is -2.52. The first-order valence-electron chi connectivity index (χ1n) is 4.26. The van der Waals surface area contributed by atoms with Gasteiger partial charge >= 0.3 is 12.1 Å². The van der Waals surface area contributed by atoms with Crippen molar-refractivity contribution in [1.82, 2.24) is 0 Å². The van der Waals surface area contributed by atoms with Crippen molar-refractivity contribution in [2.75, 3.05) is 0 Å². The van der Waals surface area contributed by atoms with Crippen molar-refractivity contribution in [1.29, 1.82) is 0 Å². The van der Waals surface area contributed by atoms with E-state index in [9.17, 15) is 18.0 Å². The summed E-state index contributed by atoms with van der Waals surface area (Å²) in [6.07, 6.45) is -3.80. The Labute approximate surface area is 89.7 Å². The van der Waals surface area contributed by atoms with Crippen LogP contribution in [0.3, 0.4) is 0 Å². The maximum atomic E-state index is 12.1. The van der Waals surface area contributed by atoms with E-state index < -0.39 is 34.4 Å². The van der Waals surface area contributed by atoms with Crippen LogP contribution in [0.25, 0.3) is 0 Å². The van der Waals surface area contributed by atoms with Gasteiger partial charge in [-0.1, -0.05) is 31.5 Å². The number of halogens is 4. The van der Waals surface area contributed by atoms with E-state index in [2.05, 4.69) is 0 Å². The number of hydrogen-bond acceptors (Lipinski definition) is 1. The first-order valence-corrected chi connectivity index (χ1v) is 4.63. The van der Waals surface area contributed by atoms with Gasteiger partial charge in [0.2, 0.25) is 0 Å². The van der Waals surface area contributed by atoms with Crippen LogP contribution < -0.4 is 0 Å². The van der Waals surface area contributed by atoms with Gasteiger partial charge < -0.3 is 5.11 Å². The molecule has 0 amide bonds. The van der Waals surface area contributed by atoms with E-state index in [0.717, 1.165) is 6.08 Å². The Bertz CT molecular complexity index is 320. The second kappa shape index (κ2) is 3.40. The Hall–Kier alpha value is -0.710. The van der Waals surface area contributed by atoms with Gasteiger partial charge in [-0.3, -0.25) is 4.79 Å². The van der Waals surface area contributed by atoms with Crippen LogP contribution in [0.5, 0.6) is 0 Å². The van der Waals surface area contributed by atoms with Gasteiger partial charge in [0.15, 0.2) is 0 Å². The van der Waals surface area contributed by atoms with Gasteiger partial charge in [0, 0.05) is 0 Å². The Balaban J connectivity index is 2.83. The van der Waals surface area contributed by atoms with E-state index in [1.165, 1.54) is 0 Å². The molecule has 0 aliphatic heterocycles. The summed E-state index contributed by atoms with van der Waals surface area (Å²) in [6.45, 7) is 3.21. The molecule has 0 radical (unpaired) electrons. The third-order valence-corrected chi connectivity index (χ3v) is 3.11. The number of carbonyl (C=O) groups is 1. The summed E-state index contributed by atoms with van der Waals surface area (Å²) < 4.78 is 36.2. The molecule has 2 atom stereocenters. The van der Waals surface area contributed by atoms with Gasteiger partial charge in [-0.15, -0.1) is 0 Å². The molecule has 0 saturated heterocycles. The number of carboxylic acid groups (broad SMARTS) is 1. The van der Waals surface area contributed by atoms with Crippen LogP contribution in [-0.4, -0.2) is 17.3 Å². The minimum Gasteiger partial charge on any atom is -0.481 e. The normalized spacial score (nSPS) is 30.1. The number of hydrogen-bond donors (Lipinski definition) is 1. The summed E-state index contributed by atoms with van der Waals surface area (Å²) in [5.41, 5.74) is -0.656. The minimum atomic E-state index is -4.59. The van der Waals surface area contributed by atoms with Crippen LogP contribution in [0.1, 0.15) is 13.8 Å². The van der Waals surface area contributed by atoms with Crippen molar-refractivity contribution in [2.24, 2.45) is 17.3 Å². The van der Waals surface area contributed by atoms with Gasteiger partial charge in [-0.2, -0.15) is 13.2 Å². The van der Waals surface area contributed by atoms with E-state index in [1.54, 1.807) is 13.8 Å². The van der Waals surface area contributed by atoms with Gasteiger partial charge in [-0.25, -0.2) is 0 Å². The zero-order valence-corrected chi connectivity index (χ0v) is 8.86. The summed E-state index contributed by atoms with van der Waals surface area (Å²) in [5, 5.41) is 7.48. The molecule has 1 unspecified atom stereocenters. The average molecular weight is 243 g/mol. The molecule has 1 aliphatic rings. The standard InChI is InChI=1S/C9H10ClF3O2/c1-8(2)4(6(8)7(14)15)3-5(10)9(11,12)13/h3-4,6H,1-2H3,(H,14,15)/b5-3-/t4-,6?/m0/s1. The molecule has 0 spiro atoms. The highest BCUT2D eigenvalue weighted by Gasteiger charge is 2.61. The van der Waals surface area contributed by atoms with Gasteiger partial charge in [-0.05, 0) is 11.3 Å². The van der Waals surface area contributed by atoms with Gasteiger partial charge in [0.1, 0.15) is 5.03 Å². The fourth-order valence-electron chi connectivity index (χ4n) is 1.71. The molecule has 15 heavy (non-hydrogen) atoms. The molecular weight excluding hydrogens is 233 g/mol. The number of allylic oxidation sites excluding steroid dienone is 2. The van der Waals surface area contributed by atoms with Crippen molar-refractivity contribution in [3.8, 4) is 0 Å². The lowest BCUT2D eigenvalue weighted by Gasteiger charge is -2.04. The van der Waals surface area contributed by atoms with E-state index in [-0.39, 0.29) is 0 Å². The largest absolute Gasteiger partial charge is 0.481 e. The van der Waals surface area contributed by atoms with E-state index in [0.29, 0.717) is 0 Å². The molecule has 1 rings (SSSR count). The fourth-order valence-corrected chi connectivity index (χ4v) is 1.85. The van der Waals surface area contributed by atoms with Crippen molar-refractivity contribution in [3.05, 3.63) is 11.1 Å². The van der Waals surface area contributed by atoms with Crippen LogP contribution in [0.2, 0.25) is 0 Å². The highest BCUT2D eigenvalue weighted by atomic mass is 35.5. The predicted octanol–water partition coefficient (Wildman–Crippen LogP) is 3.03. The summed E-state index contributed by atoms with van der Waals surface area (Å²) >= 11 is 5.03. The monoisotopic (exact) mass is 242 g/mol. The predicted molar refractivity (Wildman–Crippen MR) is 48.4 cm³/mol. The summed E-state index contributed by atoms with van der Waals surface area (Å²) in [4.78, 5) is 10.7. The van der Waals surface area contributed by atoms with E-state index >= 15 is 0 Å². The van der Waals surface area contributed by atoms with Crippen molar-refractivity contribution >= 4 is 17.6 Å². The Morgan fingerprint density at radius 3 is 2.20 bits per heavy atom. The third kappa shape index (κ3) is 2.27. The molecule has 1 fully saturated rings. The van der Waals surface area contributed by atoms with Crippen LogP contribution in [0, 0.1) is 17.3 Å². The highest BCUT2D eigenvalue weighted by Crippen LogP contribution is 2.60. The molecule has 0 aromatic rings. The van der Waals surface area contributed by atoms with Crippen LogP contribution >= 0.6 is 11.6 Å². The van der Waals surface area contributed by atoms with E-state index in [4.69, 9.17) is 16.7 Å². The molecule has 1 aliphatic carbocycles. The number of alkyl halides is 3. The highest BCUT2D eigenvalue weighted by molar-refractivity contribution is 6.30. The first kappa shape index (κ1) is 12.4. The molecule has 1 saturated carbocycles. The number of carboxylic acids is 1. The zero-order chi connectivity index (χ0) is 12.0. The van der Waals surface area contributed by atoms with Gasteiger partial charge in [0.05, 0.1) is 5.92 Å². The summed E-state index contributed by atoms with van der Waals surface area (Å²) in [6, 6.07) is 0. The fraction of sp³-hybridized carbons (Fsp3) is 0.667. The summed E-state index contributed by atoms with van der Waals surface area (Å²) in [7, 11) is 0. The van der Waals surface area contributed by atoms with Crippen molar-refractivity contribution < 1.29 is 23.1 Å². The average Bonchev–Trinajstić information content (AvgIpc) is 2.50. The second-order valence-corrected chi connectivity index (χ2v) is 4.58. The van der Waals surface area contributed by atoms with Crippen molar-refractivity contribution in [2.45, 2.75) is 20.0 Å². The molecule has 6 heteroatoms. The Morgan fingerprint density at radius 2 is 1.93 bits per heavy atom. The molecular formula is C9H10ClF3O2. The molecule has 86 valence electrons. The van der Waals surface area contributed by atoms with Crippen LogP contribution in [0.4, 0.5) is 13.2 Å². The molecule has 1 N–H and O–H groups in total. The Kier molecular flexibility index (Phi) is 2.80. The third-order valence-electron chi connectivity index (χ3n) is 2.77. The number of aliphatic carboxylic acids is 1. The second-order valence-electron chi connectivity index (χ2n) is 4.18. The first-order chi connectivity index (χ1) is 6.58.